The first-order valence-corrected chi connectivity index (χ1v) is 11.4. The van der Waals surface area contributed by atoms with Crippen LogP contribution in [0.3, 0.4) is 0 Å². The SMILES string of the molecule is COC(=O)c1cccc(C#Cc2cccc(NS(=O)(=O)c3ccc(CCC(=O)O)cc3)c2)c1. The number of carbonyl (C=O) groups is 2. The summed E-state index contributed by atoms with van der Waals surface area (Å²) < 4.78 is 32.7. The Morgan fingerprint density at radius 1 is 0.939 bits per heavy atom. The third kappa shape index (κ3) is 6.69. The highest BCUT2D eigenvalue weighted by molar-refractivity contribution is 7.92. The van der Waals surface area contributed by atoms with E-state index in [4.69, 9.17) is 9.84 Å². The molecule has 33 heavy (non-hydrogen) atoms. The number of benzene rings is 3. The van der Waals surface area contributed by atoms with Gasteiger partial charge in [0.05, 0.1) is 23.3 Å². The lowest BCUT2D eigenvalue weighted by atomic mass is 10.1. The fourth-order valence-electron chi connectivity index (χ4n) is 2.95. The van der Waals surface area contributed by atoms with Crippen molar-refractivity contribution < 1.29 is 27.9 Å². The lowest BCUT2D eigenvalue weighted by molar-refractivity contribution is -0.136. The Kier molecular flexibility index (Phi) is 7.49. The van der Waals surface area contributed by atoms with Crippen molar-refractivity contribution in [2.75, 3.05) is 11.8 Å². The molecule has 0 aliphatic heterocycles. The molecule has 168 valence electrons. The van der Waals surface area contributed by atoms with E-state index in [9.17, 15) is 18.0 Å². The first kappa shape index (κ1) is 23.6. The molecule has 3 rings (SSSR count). The molecular formula is C25H21NO6S. The van der Waals surface area contributed by atoms with Crippen molar-refractivity contribution in [2.45, 2.75) is 17.7 Å². The number of carboxylic acids is 1. The van der Waals surface area contributed by atoms with Gasteiger partial charge in [-0.2, -0.15) is 0 Å². The van der Waals surface area contributed by atoms with E-state index < -0.39 is 22.0 Å². The molecule has 0 atom stereocenters. The highest BCUT2D eigenvalue weighted by atomic mass is 32.2. The molecule has 0 spiro atoms. The van der Waals surface area contributed by atoms with E-state index in [1.165, 1.54) is 19.2 Å². The standard InChI is InChI=1S/C25H21NO6S/c1-32-25(29)21-6-2-4-19(16-21)8-9-20-5-3-7-22(17-20)26-33(30,31)23-13-10-18(11-14-23)12-15-24(27)28/h2-7,10-11,13-14,16-17,26H,12,15H2,1H3,(H,27,28). The summed E-state index contributed by atoms with van der Waals surface area (Å²) in [4.78, 5) is 22.4. The van der Waals surface area contributed by atoms with Gasteiger partial charge in [-0.05, 0) is 60.5 Å². The predicted molar refractivity (Wildman–Crippen MR) is 123 cm³/mol. The van der Waals surface area contributed by atoms with Crippen molar-refractivity contribution in [2.24, 2.45) is 0 Å². The number of hydrogen-bond donors (Lipinski definition) is 2. The van der Waals surface area contributed by atoms with Gasteiger partial charge in [0.2, 0.25) is 0 Å². The van der Waals surface area contributed by atoms with Gasteiger partial charge in [-0.25, -0.2) is 13.2 Å². The number of nitrogens with one attached hydrogen (secondary N) is 1. The Balaban J connectivity index is 1.74. The van der Waals surface area contributed by atoms with Crippen LogP contribution in [0, 0.1) is 11.8 Å². The summed E-state index contributed by atoms with van der Waals surface area (Å²) in [5.41, 5.74) is 2.68. The van der Waals surface area contributed by atoms with Crippen LogP contribution in [0.25, 0.3) is 0 Å². The lowest BCUT2D eigenvalue weighted by Gasteiger charge is -2.09. The second-order valence-electron chi connectivity index (χ2n) is 7.05. The van der Waals surface area contributed by atoms with Crippen molar-refractivity contribution in [1.29, 1.82) is 0 Å². The van der Waals surface area contributed by atoms with Gasteiger partial charge in [-0.15, -0.1) is 0 Å². The van der Waals surface area contributed by atoms with E-state index in [1.807, 2.05) is 0 Å². The molecule has 3 aromatic carbocycles. The number of carboxylic acid groups (broad SMARTS) is 1. The summed E-state index contributed by atoms with van der Waals surface area (Å²) in [5.74, 6) is 4.54. The highest BCUT2D eigenvalue weighted by Gasteiger charge is 2.14. The normalized spacial score (nSPS) is 10.6. The van der Waals surface area contributed by atoms with Gasteiger partial charge >= 0.3 is 11.9 Å². The minimum Gasteiger partial charge on any atom is -0.481 e. The van der Waals surface area contributed by atoms with Gasteiger partial charge < -0.3 is 9.84 Å². The molecule has 0 saturated carbocycles. The van der Waals surface area contributed by atoms with E-state index in [-0.39, 0.29) is 11.3 Å². The summed E-state index contributed by atoms with van der Waals surface area (Å²) >= 11 is 0. The quantitative estimate of drug-likeness (QED) is 0.409. The Morgan fingerprint density at radius 2 is 1.58 bits per heavy atom. The average molecular weight is 464 g/mol. The summed E-state index contributed by atoms with van der Waals surface area (Å²) in [6, 6.07) is 19.4. The van der Waals surface area contributed by atoms with Gasteiger partial charge in [0.15, 0.2) is 0 Å². The summed E-state index contributed by atoms with van der Waals surface area (Å²) in [6.45, 7) is 0. The smallest absolute Gasteiger partial charge is 0.337 e. The number of methoxy groups -OCH3 is 1. The van der Waals surface area contributed by atoms with Crippen LogP contribution in [0.15, 0.2) is 77.7 Å². The molecule has 0 aliphatic rings. The Hall–Kier alpha value is -4.09. The van der Waals surface area contributed by atoms with Gasteiger partial charge in [0.1, 0.15) is 0 Å². The van der Waals surface area contributed by atoms with Crippen molar-refractivity contribution in [1.82, 2.24) is 0 Å². The van der Waals surface area contributed by atoms with Crippen molar-refractivity contribution >= 4 is 27.6 Å². The second-order valence-corrected chi connectivity index (χ2v) is 8.73. The largest absolute Gasteiger partial charge is 0.481 e. The minimum absolute atomic E-state index is 0.0227. The number of esters is 1. The Bertz CT molecular complexity index is 1340. The molecule has 8 heteroatoms. The fraction of sp³-hybridized carbons (Fsp3) is 0.120. The third-order valence-electron chi connectivity index (χ3n) is 4.61. The number of aliphatic carboxylic acids is 1. The van der Waals surface area contributed by atoms with E-state index in [0.717, 1.165) is 5.56 Å². The maximum Gasteiger partial charge on any atom is 0.337 e. The molecule has 0 aromatic heterocycles. The van der Waals surface area contributed by atoms with E-state index >= 15 is 0 Å². The molecule has 0 radical (unpaired) electrons. The molecule has 0 amide bonds. The van der Waals surface area contributed by atoms with Gasteiger partial charge in [0.25, 0.3) is 10.0 Å². The summed E-state index contributed by atoms with van der Waals surface area (Å²) in [7, 11) is -2.52. The molecule has 2 N–H and O–H groups in total. The number of rotatable bonds is 7. The summed E-state index contributed by atoms with van der Waals surface area (Å²) in [6.07, 6.45) is 0.303. The average Bonchev–Trinajstić information content (AvgIpc) is 2.81. The van der Waals surface area contributed by atoms with Crippen LogP contribution in [-0.2, 0) is 26.0 Å². The molecule has 3 aromatic rings. The molecule has 0 heterocycles. The number of hydrogen-bond acceptors (Lipinski definition) is 5. The van der Waals surface area contributed by atoms with Crippen LogP contribution in [0.4, 0.5) is 5.69 Å². The molecule has 0 saturated heterocycles. The van der Waals surface area contributed by atoms with Crippen LogP contribution in [0.1, 0.15) is 33.5 Å². The number of anilines is 1. The lowest BCUT2D eigenvalue weighted by Crippen LogP contribution is -2.13. The molecular weight excluding hydrogens is 442 g/mol. The molecule has 0 aliphatic carbocycles. The Labute approximate surface area is 192 Å². The summed E-state index contributed by atoms with van der Waals surface area (Å²) in [5, 5.41) is 8.76. The highest BCUT2D eigenvalue weighted by Crippen LogP contribution is 2.18. The zero-order chi connectivity index (χ0) is 23.8. The van der Waals surface area contributed by atoms with Gasteiger partial charge in [0, 0.05) is 17.5 Å². The van der Waals surface area contributed by atoms with Crippen molar-refractivity contribution in [3.8, 4) is 11.8 Å². The van der Waals surface area contributed by atoms with Crippen LogP contribution >= 0.6 is 0 Å². The number of carbonyl (C=O) groups excluding carboxylic acids is 1. The van der Waals surface area contributed by atoms with Crippen molar-refractivity contribution in [3.63, 3.8) is 0 Å². The van der Waals surface area contributed by atoms with Gasteiger partial charge in [-0.3, -0.25) is 9.52 Å². The number of aryl methyl sites for hydroxylation is 1. The first-order valence-electron chi connectivity index (χ1n) is 9.91. The van der Waals surface area contributed by atoms with E-state index in [2.05, 4.69) is 16.6 Å². The second kappa shape index (κ2) is 10.5. The van der Waals surface area contributed by atoms with Crippen LogP contribution < -0.4 is 4.72 Å². The number of sulfonamides is 1. The van der Waals surface area contributed by atoms with Crippen LogP contribution in [0.2, 0.25) is 0 Å². The monoisotopic (exact) mass is 463 g/mol. The minimum atomic E-state index is -3.83. The van der Waals surface area contributed by atoms with E-state index in [0.29, 0.717) is 28.8 Å². The fourth-order valence-corrected chi connectivity index (χ4v) is 4.00. The third-order valence-corrected chi connectivity index (χ3v) is 6.01. The molecule has 0 fully saturated rings. The van der Waals surface area contributed by atoms with Crippen LogP contribution in [-0.4, -0.2) is 32.6 Å². The Morgan fingerprint density at radius 3 is 2.21 bits per heavy atom. The predicted octanol–water partition coefficient (Wildman–Crippen LogP) is 3.69. The zero-order valence-corrected chi connectivity index (χ0v) is 18.6. The molecule has 7 nitrogen and oxygen atoms in total. The zero-order valence-electron chi connectivity index (χ0n) is 17.7. The van der Waals surface area contributed by atoms with Crippen LogP contribution in [0.5, 0.6) is 0 Å². The molecule has 0 bridgehead atoms. The number of ether oxygens (including phenoxy) is 1. The van der Waals surface area contributed by atoms with Crippen molar-refractivity contribution in [3.05, 3.63) is 95.1 Å². The van der Waals surface area contributed by atoms with Gasteiger partial charge in [-0.1, -0.05) is 36.1 Å². The molecule has 0 unspecified atom stereocenters. The maximum absolute atomic E-state index is 12.7. The first-order chi connectivity index (χ1) is 15.8. The maximum atomic E-state index is 12.7. The van der Waals surface area contributed by atoms with E-state index in [1.54, 1.807) is 60.7 Å². The topological polar surface area (TPSA) is 110 Å².